The molecule has 1 aromatic rings. The zero-order chi connectivity index (χ0) is 17.6. The van der Waals surface area contributed by atoms with Crippen molar-refractivity contribution in [1.29, 1.82) is 0 Å². The van der Waals surface area contributed by atoms with Gasteiger partial charge < -0.3 is 4.74 Å². The Hall–Kier alpha value is -1.31. The summed E-state index contributed by atoms with van der Waals surface area (Å²) < 4.78 is 5.60. The summed E-state index contributed by atoms with van der Waals surface area (Å²) >= 11 is 0. The van der Waals surface area contributed by atoms with Gasteiger partial charge in [0.05, 0.1) is 12.2 Å². The number of hydrogen-bond acceptors (Lipinski definition) is 2. The number of unbranched alkanes of at least 4 members (excludes halogenated alkanes) is 4. The molecule has 136 valence electrons. The first-order chi connectivity index (χ1) is 11.7. The van der Waals surface area contributed by atoms with E-state index in [1.54, 1.807) is 0 Å². The molecule has 0 fully saturated rings. The van der Waals surface area contributed by atoms with Gasteiger partial charge in [-0.2, -0.15) is 0 Å². The second kappa shape index (κ2) is 13.0. The molecule has 0 heterocycles. The number of carbonyl (C=O) groups is 1. The minimum absolute atomic E-state index is 0.172. The number of benzene rings is 1. The summed E-state index contributed by atoms with van der Waals surface area (Å²) in [6.45, 7) is 7.21. The summed E-state index contributed by atoms with van der Waals surface area (Å²) in [4.78, 5) is 12.3. The maximum absolute atomic E-state index is 12.3. The maximum Gasteiger partial charge on any atom is 0.338 e. The van der Waals surface area contributed by atoms with Crippen molar-refractivity contribution in [2.45, 2.75) is 85.0 Å². The SMILES string of the molecule is CCCCCC(CCCC)COC(=O)c1ccc(CCCC)cc1. The van der Waals surface area contributed by atoms with Crippen LogP contribution in [-0.2, 0) is 11.2 Å². The van der Waals surface area contributed by atoms with Crippen LogP contribution >= 0.6 is 0 Å². The minimum Gasteiger partial charge on any atom is -0.462 e. The first-order valence-corrected chi connectivity index (χ1v) is 9.97. The highest BCUT2D eigenvalue weighted by Gasteiger charge is 2.13. The number of ether oxygens (including phenoxy) is 1. The maximum atomic E-state index is 12.3. The molecule has 1 rings (SSSR count). The van der Waals surface area contributed by atoms with Crippen molar-refractivity contribution in [3.05, 3.63) is 35.4 Å². The van der Waals surface area contributed by atoms with Crippen molar-refractivity contribution in [2.24, 2.45) is 5.92 Å². The summed E-state index contributed by atoms with van der Waals surface area (Å²) in [6.07, 6.45) is 12.0. The van der Waals surface area contributed by atoms with E-state index in [1.165, 1.54) is 63.4 Å². The molecule has 2 heteroatoms. The topological polar surface area (TPSA) is 26.3 Å². The minimum atomic E-state index is -0.172. The molecule has 1 aromatic carbocycles. The zero-order valence-corrected chi connectivity index (χ0v) is 16.0. The normalized spacial score (nSPS) is 12.1. The highest BCUT2D eigenvalue weighted by Crippen LogP contribution is 2.18. The second-order valence-corrected chi connectivity index (χ2v) is 6.90. The molecular weight excluding hydrogens is 296 g/mol. The molecule has 1 unspecified atom stereocenters. The standard InChI is InChI=1S/C22H36O2/c1-4-7-10-13-20(12-9-6-3)18-24-22(23)21-16-14-19(15-17-21)11-8-5-2/h14-17,20H,4-13,18H2,1-3H3. The van der Waals surface area contributed by atoms with Gasteiger partial charge >= 0.3 is 5.97 Å². The van der Waals surface area contributed by atoms with Crippen LogP contribution in [0.2, 0.25) is 0 Å². The van der Waals surface area contributed by atoms with Gasteiger partial charge in [0, 0.05) is 0 Å². The molecule has 1 atom stereocenters. The van der Waals surface area contributed by atoms with E-state index in [0.29, 0.717) is 18.1 Å². The molecule has 0 N–H and O–H groups in total. The Kier molecular flexibility index (Phi) is 11.3. The Labute approximate surface area is 149 Å². The van der Waals surface area contributed by atoms with Crippen LogP contribution in [0.15, 0.2) is 24.3 Å². The van der Waals surface area contributed by atoms with Gasteiger partial charge in [0.2, 0.25) is 0 Å². The van der Waals surface area contributed by atoms with Crippen LogP contribution in [0.5, 0.6) is 0 Å². The average molecular weight is 333 g/mol. The van der Waals surface area contributed by atoms with Crippen LogP contribution in [0.4, 0.5) is 0 Å². The Morgan fingerprint density at radius 2 is 1.50 bits per heavy atom. The Morgan fingerprint density at radius 3 is 2.12 bits per heavy atom. The summed E-state index contributed by atoms with van der Waals surface area (Å²) in [6, 6.07) is 7.93. The third-order valence-corrected chi connectivity index (χ3v) is 4.64. The molecule has 0 aliphatic carbocycles. The second-order valence-electron chi connectivity index (χ2n) is 6.90. The number of carbonyl (C=O) groups excluding carboxylic acids is 1. The van der Waals surface area contributed by atoms with Crippen molar-refractivity contribution < 1.29 is 9.53 Å². The van der Waals surface area contributed by atoms with Gasteiger partial charge in [-0.3, -0.25) is 0 Å². The smallest absolute Gasteiger partial charge is 0.338 e. The molecule has 0 aliphatic rings. The van der Waals surface area contributed by atoms with Crippen LogP contribution in [0, 0.1) is 5.92 Å². The lowest BCUT2D eigenvalue weighted by atomic mass is 9.96. The highest BCUT2D eigenvalue weighted by molar-refractivity contribution is 5.89. The quantitative estimate of drug-likeness (QED) is 0.301. The monoisotopic (exact) mass is 332 g/mol. The van der Waals surface area contributed by atoms with E-state index in [0.717, 1.165) is 6.42 Å². The number of esters is 1. The fourth-order valence-corrected chi connectivity index (χ4v) is 2.95. The van der Waals surface area contributed by atoms with Gasteiger partial charge in [-0.1, -0.05) is 71.4 Å². The lowest BCUT2D eigenvalue weighted by Crippen LogP contribution is -2.15. The Balaban J connectivity index is 2.45. The fourth-order valence-electron chi connectivity index (χ4n) is 2.95. The largest absolute Gasteiger partial charge is 0.462 e. The Morgan fingerprint density at radius 1 is 0.875 bits per heavy atom. The number of rotatable bonds is 13. The van der Waals surface area contributed by atoms with E-state index in [4.69, 9.17) is 4.74 Å². The van der Waals surface area contributed by atoms with Gasteiger partial charge in [0.25, 0.3) is 0 Å². The van der Waals surface area contributed by atoms with Gasteiger partial charge in [0.15, 0.2) is 0 Å². The summed E-state index contributed by atoms with van der Waals surface area (Å²) in [7, 11) is 0. The van der Waals surface area contributed by atoms with Gasteiger partial charge in [-0.15, -0.1) is 0 Å². The van der Waals surface area contributed by atoms with Crippen LogP contribution in [0.3, 0.4) is 0 Å². The van der Waals surface area contributed by atoms with Crippen molar-refractivity contribution >= 4 is 5.97 Å². The van der Waals surface area contributed by atoms with E-state index in [-0.39, 0.29) is 5.97 Å². The van der Waals surface area contributed by atoms with Crippen molar-refractivity contribution in [2.75, 3.05) is 6.61 Å². The number of aryl methyl sites for hydroxylation is 1. The van der Waals surface area contributed by atoms with Crippen LogP contribution < -0.4 is 0 Å². The van der Waals surface area contributed by atoms with E-state index in [2.05, 4.69) is 32.9 Å². The fraction of sp³-hybridized carbons (Fsp3) is 0.682. The van der Waals surface area contributed by atoms with E-state index < -0.39 is 0 Å². The van der Waals surface area contributed by atoms with Gasteiger partial charge in [0.1, 0.15) is 0 Å². The first-order valence-electron chi connectivity index (χ1n) is 9.97. The summed E-state index contributed by atoms with van der Waals surface area (Å²) in [5.41, 5.74) is 1.98. The predicted octanol–water partition coefficient (Wildman–Crippen LogP) is 6.57. The van der Waals surface area contributed by atoms with Gasteiger partial charge in [-0.25, -0.2) is 4.79 Å². The van der Waals surface area contributed by atoms with Crippen molar-refractivity contribution in [1.82, 2.24) is 0 Å². The first kappa shape index (κ1) is 20.7. The molecule has 0 saturated carbocycles. The van der Waals surface area contributed by atoms with Crippen molar-refractivity contribution in [3.63, 3.8) is 0 Å². The molecule has 0 bridgehead atoms. The molecule has 0 saturated heterocycles. The molecule has 0 aromatic heterocycles. The third kappa shape index (κ3) is 8.52. The highest BCUT2D eigenvalue weighted by atomic mass is 16.5. The molecule has 24 heavy (non-hydrogen) atoms. The van der Waals surface area contributed by atoms with E-state index in [9.17, 15) is 4.79 Å². The third-order valence-electron chi connectivity index (χ3n) is 4.64. The van der Waals surface area contributed by atoms with E-state index >= 15 is 0 Å². The van der Waals surface area contributed by atoms with Crippen molar-refractivity contribution in [3.8, 4) is 0 Å². The summed E-state index contributed by atoms with van der Waals surface area (Å²) in [5.74, 6) is 0.346. The predicted molar refractivity (Wildman–Crippen MR) is 102 cm³/mol. The lowest BCUT2D eigenvalue weighted by Gasteiger charge is -2.16. The summed E-state index contributed by atoms with van der Waals surface area (Å²) in [5, 5.41) is 0. The molecule has 0 amide bonds. The van der Waals surface area contributed by atoms with E-state index in [1.807, 2.05) is 12.1 Å². The molecule has 0 radical (unpaired) electrons. The lowest BCUT2D eigenvalue weighted by molar-refractivity contribution is 0.0422. The average Bonchev–Trinajstić information content (AvgIpc) is 2.62. The van der Waals surface area contributed by atoms with Gasteiger partial charge in [-0.05, 0) is 49.3 Å². The van der Waals surface area contributed by atoms with Crippen LogP contribution in [0.25, 0.3) is 0 Å². The molecule has 0 spiro atoms. The van der Waals surface area contributed by atoms with Crippen LogP contribution in [-0.4, -0.2) is 12.6 Å². The molecule has 2 nitrogen and oxygen atoms in total. The number of hydrogen-bond donors (Lipinski definition) is 0. The van der Waals surface area contributed by atoms with Crippen LogP contribution in [0.1, 0.15) is 94.5 Å². The zero-order valence-electron chi connectivity index (χ0n) is 16.0. The molecule has 0 aliphatic heterocycles. The molecular formula is C22H36O2. The Bertz CT molecular complexity index is 436.